The van der Waals surface area contributed by atoms with Crippen LogP contribution in [0.2, 0.25) is 5.02 Å². The number of nitrogens with zero attached hydrogens (tertiary/aromatic N) is 3. The van der Waals surface area contributed by atoms with Gasteiger partial charge in [0.2, 0.25) is 5.95 Å². The highest BCUT2D eigenvalue weighted by atomic mass is 35.5. The Morgan fingerprint density at radius 1 is 1.52 bits per heavy atom. The molecule has 0 unspecified atom stereocenters. The van der Waals surface area contributed by atoms with Crippen LogP contribution >= 0.6 is 11.6 Å². The number of rotatable bonds is 4. The maximum absolute atomic E-state index is 12.5. The second-order valence-electron chi connectivity index (χ2n) is 5.00. The van der Waals surface area contributed by atoms with Gasteiger partial charge in [-0.2, -0.15) is 10.1 Å². The largest absolute Gasteiger partial charge is 0.458 e. The van der Waals surface area contributed by atoms with Crippen LogP contribution < -0.4 is 5.32 Å². The molecule has 118 valence electrons. The molecule has 0 amide bonds. The van der Waals surface area contributed by atoms with Crippen LogP contribution in [0.25, 0.3) is 0 Å². The van der Waals surface area contributed by atoms with Crippen molar-refractivity contribution in [3.63, 3.8) is 0 Å². The summed E-state index contributed by atoms with van der Waals surface area (Å²) in [6.07, 6.45) is 2.95. The van der Waals surface area contributed by atoms with Crippen LogP contribution in [0.1, 0.15) is 18.5 Å². The van der Waals surface area contributed by atoms with Gasteiger partial charge in [-0.3, -0.25) is 0 Å². The Morgan fingerprint density at radius 2 is 2.30 bits per heavy atom. The summed E-state index contributed by atoms with van der Waals surface area (Å²) in [7, 11) is 0. The van der Waals surface area contributed by atoms with Gasteiger partial charge in [-0.15, -0.1) is 0 Å². The molecule has 3 rings (SSSR count). The van der Waals surface area contributed by atoms with Crippen molar-refractivity contribution in [3.8, 4) is 0 Å². The van der Waals surface area contributed by atoms with Gasteiger partial charge in [0.1, 0.15) is 19.0 Å². The van der Waals surface area contributed by atoms with Gasteiger partial charge in [0.15, 0.2) is 0 Å². The second-order valence-corrected chi connectivity index (χ2v) is 5.41. The van der Waals surface area contributed by atoms with Gasteiger partial charge in [0, 0.05) is 16.3 Å². The Kier molecular flexibility index (Phi) is 4.16. The summed E-state index contributed by atoms with van der Waals surface area (Å²) in [5.41, 5.74) is 1.86. The number of allylic oxidation sites excluding steroid dienone is 1. The van der Waals surface area contributed by atoms with E-state index in [1.165, 1.54) is 12.4 Å². The van der Waals surface area contributed by atoms with E-state index in [1.807, 2.05) is 18.2 Å². The molecule has 0 saturated heterocycles. The van der Waals surface area contributed by atoms with Gasteiger partial charge in [0.25, 0.3) is 0 Å². The fourth-order valence-electron chi connectivity index (χ4n) is 2.55. The molecular formula is C16H15ClN4O2. The van der Waals surface area contributed by atoms with Gasteiger partial charge in [-0.05, 0) is 13.0 Å². The molecule has 7 heteroatoms. The maximum atomic E-state index is 12.5. The average Bonchev–Trinajstić information content (AvgIpc) is 3.00. The summed E-state index contributed by atoms with van der Waals surface area (Å²) in [6, 6.07) is 6.83. The van der Waals surface area contributed by atoms with Crippen LogP contribution in [0.5, 0.6) is 0 Å². The van der Waals surface area contributed by atoms with Crippen molar-refractivity contribution in [3.05, 3.63) is 65.1 Å². The van der Waals surface area contributed by atoms with Crippen molar-refractivity contribution in [2.45, 2.75) is 13.0 Å². The van der Waals surface area contributed by atoms with E-state index in [2.05, 4.69) is 22.0 Å². The molecule has 0 bridgehead atoms. The van der Waals surface area contributed by atoms with Crippen molar-refractivity contribution >= 4 is 23.5 Å². The summed E-state index contributed by atoms with van der Waals surface area (Å²) in [5.74, 6) is 0.105. The highest BCUT2D eigenvalue weighted by Gasteiger charge is 2.35. The molecule has 1 atom stereocenters. The second kappa shape index (κ2) is 6.26. The van der Waals surface area contributed by atoms with Gasteiger partial charge in [-0.25, -0.2) is 9.48 Å². The van der Waals surface area contributed by atoms with Crippen molar-refractivity contribution in [1.82, 2.24) is 14.8 Å². The summed E-state index contributed by atoms with van der Waals surface area (Å²) < 4.78 is 6.85. The number of esters is 1. The number of halogens is 1. The average molecular weight is 331 g/mol. The van der Waals surface area contributed by atoms with Gasteiger partial charge in [0.05, 0.1) is 5.57 Å². The number of carbonyl (C=O) groups is 1. The molecule has 0 fully saturated rings. The van der Waals surface area contributed by atoms with Crippen LogP contribution in [0.15, 0.2) is 54.5 Å². The number of anilines is 1. The standard InChI is InChI=1S/C16H15ClN4O2/c1-3-8-23-15(22)13-10(2)20-16-18-9-19-21(16)14(13)11-6-4-5-7-12(11)17/h3-7,9,14H,1,8H2,2H3,(H,18,19,20)/t14-/m1/s1. The van der Waals surface area contributed by atoms with Crippen LogP contribution in [0, 0.1) is 0 Å². The molecule has 0 radical (unpaired) electrons. The third-order valence-electron chi connectivity index (χ3n) is 3.55. The number of hydrogen-bond acceptors (Lipinski definition) is 5. The zero-order valence-electron chi connectivity index (χ0n) is 12.5. The quantitative estimate of drug-likeness (QED) is 0.689. The predicted octanol–water partition coefficient (Wildman–Crippen LogP) is 2.95. The molecule has 0 spiro atoms. The minimum absolute atomic E-state index is 0.134. The zero-order chi connectivity index (χ0) is 16.4. The van der Waals surface area contributed by atoms with Crippen molar-refractivity contribution < 1.29 is 9.53 Å². The first-order chi connectivity index (χ1) is 11.1. The first-order valence-corrected chi connectivity index (χ1v) is 7.41. The number of carbonyl (C=O) groups excluding carboxylic acids is 1. The summed E-state index contributed by atoms with van der Waals surface area (Å²) in [6.45, 7) is 5.49. The number of benzene rings is 1. The Labute approximate surface area is 138 Å². The number of nitrogens with one attached hydrogen (secondary N) is 1. The molecule has 2 heterocycles. The van der Waals surface area contributed by atoms with E-state index < -0.39 is 12.0 Å². The van der Waals surface area contributed by atoms with E-state index in [0.29, 0.717) is 22.2 Å². The molecule has 0 aliphatic carbocycles. The highest BCUT2D eigenvalue weighted by molar-refractivity contribution is 6.31. The summed E-state index contributed by atoms with van der Waals surface area (Å²) in [5, 5.41) is 7.84. The molecule has 6 nitrogen and oxygen atoms in total. The van der Waals surface area contributed by atoms with Crippen molar-refractivity contribution in [2.75, 3.05) is 11.9 Å². The number of hydrogen-bond donors (Lipinski definition) is 1. The van der Waals surface area contributed by atoms with E-state index in [9.17, 15) is 4.79 Å². The fourth-order valence-corrected chi connectivity index (χ4v) is 2.79. The molecule has 2 aromatic rings. The Morgan fingerprint density at radius 3 is 3.04 bits per heavy atom. The van der Waals surface area contributed by atoms with Crippen molar-refractivity contribution in [1.29, 1.82) is 0 Å². The monoisotopic (exact) mass is 330 g/mol. The van der Waals surface area contributed by atoms with Gasteiger partial charge < -0.3 is 10.1 Å². The molecule has 1 aromatic heterocycles. The van der Waals surface area contributed by atoms with Crippen molar-refractivity contribution in [2.24, 2.45) is 0 Å². The fraction of sp³-hybridized carbons (Fsp3) is 0.188. The number of ether oxygens (including phenoxy) is 1. The zero-order valence-corrected chi connectivity index (χ0v) is 13.2. The number of fused-ring (bicyclic) bond motifs is 1. The van der Waals surface area contributed by atoms with E-state index in [4.69, 9.17) is 16.3 Å². The lowest BCUT2D eigenvalue weighted by Gasteiger charge is -2.28. The van der Waals surface area contributed by atoms with E-state index in [0.717, 1.165) is 5.56 Å². The molecule has 23 heavy (non-hydrogen) atoms. The molecule has 0 saturated carbocycles. The number of aromatic nitrogens is 3. The van der Waals surface area contributed by atoms with Crippen LogP contribution in [-0.4, -0.2) is 27.3 Å². The molecule has 1 aliphatic rings. The van der Waals surface area contributed by atoms with Gasteiger partial charge in [-0.1, -0.05) is 42.5 Å². The molecule has 1 aliphatic heterocycles. The minimum Gasteiger partial charge on any atom is -0.458 e. The molecule has 1 aromatic carbocycles. The predicted molar refractivity (Wildman–Crippen MR) is 87.1 cm³/mol. The van der Waals surface area contributed by atoms with Crippen LogP contribution in [0.4, 0.5) is 5.95 Å². The van der Waals surface area contributed by atoms with Crippen LogP contribution in [0.3, 0.4) is 0 Å². The molecule has 1 N–H and O–H groups in total. The smallest absolute Gasteiger partial charge is 0.338 e. The third-order valence-corrected chi connectivity index (χ3v) is 3.89. The summed E-state index contributed by atoms with van der Waals surface area (Å²) >= 11 is 6.34. The lowest BCUT2D eigenvalue weighted by atomic mass is 9.96. The normalized spacial score (nSPS) is 16.5. The minimum atomic E-state index is -0.500. The topological polar surface area (TPSA) is 69.0 Å². The van der Waals surface area contributed by atoms with Crippen LogP contribution in [-0.2, 0) is 9.53 Å². The lowest BCUT2D eigenvalue weighted by molar-refractivity contribution is -0.138. The highest BCUT2D eigenvalue weighted by Crippen LogP contribution is 2.37. The Bertz CT molecular complexity index is 797. The Hall–Kier alpha value is -2.60. The molecular weight excluding hydrogens is 316 g/mol. The first-order valence-electron chi connectivity index (χ1n) is 7.03. The van der Waals surface area contributed by atoms with E-state index in [-0.39, 0.29) is 6.61 Å². The van der Waals surface area contributed by atoms with Gasteiger partial charge >= 0.3 is 5.97 Å². The summed E-state index contributed by atoms with van der Waals surface area (Å²) in [4.78, 5) is 16.7. The third kappa shape index (κ3) is 2.73. The lowest BCUT2D eigenvalue weighted by Crippen LogP contribution is -2.29. The Balaban J connectivity index is 2.13. The SMILES string of the molecule is C=CCOC(=O)C1=C(C)Nc2ncnn2[C@@H]1c1ccccc1Cl. The van der Waals surface area contributed by atoms with E-state index in [1.54, 1.807) is 17.7 Å². The maximum Gasteiger partial charge on any atom is 0.338 e. The first kappa shape index (κ1) is 15.3. The van der Waals surface area contributed by atoms with E-state index >= 15 is 0 Å².